The summed E-state index contributed by atoms with van der Waals surface area (Å²) < 4.78 is 17.3. The maximum Gasteiger partial charge on any atom is 0.408 e. The summed E-state index contributed by atoms with van der Waals surface area (Å²) in [5.41, 5.74) is 0.435. The number of hydrogen-bond acceptors (Lipinski definition) is 7. The van der Waals surface area contributed by atoms with Gasteiger partial charge in [0.2, 0.25) is 5.91 Å². The average molecular weight is 602 g/mol. The number of dihydropyridines is 1. The Balaban J connectivity index is 1.57. The van der Waals surface area contributed by atoms with E-state index in [0.29, 0.717) is 24.3 Å². The molecule has 0 aromatic rings. The fourth-order valence-electron chi connectivity index (χ4n) is 6.28. The van der Waals surface area contributed by atoms with Crippen molar-refractivity contribution >= 4 is 35.3 Å². The summed E-state index contributed by atoms with van der Waals surface area (Å²) in [7, 11) is 1.32. The van der Waals surface area contributed by atoms with Crippen LogP contribution in [-0.2, 0) is 23.8 Å². The number of carbonyl (C=O) groups is 3. The number of aliphatic imine (C=N–C) groups is 1. The predicted octanol–water partition coefficient (Wildman–Crippen LogP) is 5.75. The highest BCUT2D eigenvalue weighted by molar-refractivity contribution is 6.31. The molecule has 2 unspecified atom stereocenters. The van der Waals surface area contributed by atoms with Crippen LogP contribution in [0.25, 0.3) is 0 Å². The predicted molar refractivity (Wildman–Crippen MR) is 162 cm³/mol. The highest BCUT2D eigenvalue weighted by Crippen LogP contribution is 2.47. The number of likely N-dealkylation sites (tertiary alicyclic amines) is 1. The Morgan fingerprint density at radius 1 is 1.31 bits per heavy atom. The molecule has 4 rings (SSSR count). The summed E-state index contributed by atoms with van der Waals surface area (Å²) in [6, 6.07) is -1.71. The molecule has 0 radical (unpaired) electrons. The van der Waals surface area contributed by atoms with Crippen molar-refractivity contribution in [2.75, 3.05) is 13.7 Å². The van der Waals surface area contributed by atoms with Crippen LogP contribution in [0.5, 0.6) is 0 Å². The summed E-state index contributed by atoms with van der Waals surface area (Å²) in [5.74, 6) is -0.104. The van der Waals surface area contributed by atoms with Crippen molar-refractivity contribution in [1.29, 1.82) is 0 Å². The quantitative estimate of drug-likeness (QED) is 0.205. The summed E-state index contributed by atoms with van der Waals surface area (Å²) in [5, 5.41) is 3.45. The van der Waals surface area contributed by atoms with Gasteiger partial charge in [-0.1, -0.05) is 42.7 Å². The van der Waals surface area contributed by atoms with E-state index in [4.69, 9.17) is 30.8 Å². The standard InChI is InChI=1S/C32H44ClN3O6/c1-7-8-9-10-11-12-25(35-30(39)42-31(3,4)5)28(37)36-19-32(18-26(36)29(38)40-6)16-15-22-23-17-21(33)13-14-24(23)34-20(2)27(22)41-32/h7,13-14,17,23-26H,1,8-12,15-16,18-19H2,2-6H3,(H,35,39)/t23?,24?,25-,26-,32+/m0/s1. The van der Waals surface area contributed by atoms with Gasteiger partial charge in [0.25, 0.3) is 0 Å². The first-order valence-electron chi connectivity index (χ1n) is 14.9. The second-order valence-corrected chi connectivity index (χ2v) is 13.1. The van der Waals surface area contributed by atoms with Crippen molar-refractivity contribution in [2.24, 2.45) is 10.9 Å². The van der Waals surface area contributed by atoms with Gasteiger partial charge in [0.05, 0.1) is 25.4 Å². The first-order chi connectivity index (χ1) is 19.9. The molecule has 0 aromatic carbocycles. The van der Waals surface area contributed by atoms with Crippen LogP contribution in [0, 0.1) is 5.92 Å². The zero-order chi connectivity index (χ0) is 30.7. The lowest BCUT2D eigenvalue weighted by Gasteiger charge is -2.42. The van der Waals surface area contributed by atoms with Crippen molar-refractivity contribution in [3.05, 3.63) is 47.2 Å². The van der Waals surface area contributed by atoms with Crippen molar-refractivity contribution in [1.82, 2.24) is 10.2 Å². The second-order valence-electron chi connectivity index (χ2n) is 12.6. The minimum absolute atomic E-state index is 0.0143. The molecule has 2 amide bonds. The van der Waals surface area contributed by atoms with E-state index in [0.717, 1.165) is 49.1 Å². The maximum absolute atomic E-state index is 14.1. The highest BCUT2D eigenvalue weighted by atomic mass is 35.5. The molecule has 0 aromatic heterocycles. The van der Waals surface area contributed by atoms with E-state index in [1.165, 1.54) is 12.0 Å². The summed E-state index contributed by atoms with van der Waals surface area (Å²) in [4.78, 5) is 46.3. The van der Waals surface area contributed by atoms with Gasteiger partial charge in [-0.25, -0.2) is 9.59 Å². The molecule has 1 spiro atoms. The van der Waals surface area contributed by atoms with Crippen molar-refractivity contribution in [3.8, 4) is 0 Å². The van der Waals surface area contributed by atoms with E-state index in [-0.39, 0.29) is 24.4 Å². The van der Waals surface area contributed by atoms with E-state index >= 15 is 0 Å². The lowest BCUT2D eigenvalue weighted by Crippen LogP contribution is -2.53. The van der Waals surface area contributed by atoms with Crippen LogP contribution >= 0.6 is 11.6 Å². The smallest absolute Gasteiger partial charge is 0.408 e. The molecule has 230 valence electrons. The van der Waals surface area contributed by atoms with Gasteiger partial charge in [-0.3, -0.25) is 9.79 Å². The molecular formula is C32H44ClN3O6. The zero-order valence-electron chi connectivity index (χ0n) is 25.4. The van der Waals surface area contributed by atoms with E-state index in [2.05, 4.69) is 11.9 Å². The molecule has 5 atom stereocenters. The normalized spacial score (nSPS) is 27.3. The first kappa shape index (κ1) is 31.9. The van der Waals surface area contributed by atoms with Gasteiger partial charge >= 0.3 is 12.1 Å². The van der Waals surface area contributed by atoms with E-state index in [1.54, 1.807) is 20.8 Å². The Morgan fingerprint density at radius 3 is 2.76 bits per heavy atom. The number of amides is 2. The number of methoxy groups -OCH3 is 1. The number of carbonyl (C=O) groups excluding carboxylic acids is 3. The van der Waals surface area contributed by atoms with Crippen molar-refractivity contribution < 1.29 is 28.6 Å². The lowest BCUT2D eigenvalue weighted by atomic mass is 9.78. The van der Waals surface area contributed by atoms with E-state index in [9.17, 15) is 14.4 Å². The Bertz CT molecular complexity index is 1210. The number of allylic oxidation sites excluding steroid dienone is 4. The molecule has 4 aliphatic rings. The molecule has 1 saturated heterocycles. The number of unbranched alkanes of at least 4 members (excludes halogenated alkanes) is 3. The SMILES string of the molecule is C=CCCCCC[C@H](NC(=O)OC(C)(C)C)C(=O)N1C[C@@]2(CCC3=C(O2)C(C)=NC2C=CC(Cl)=CC32)C[C@H]1C(=O)OC. The van der Waals surface area contributed by atoms with Crippen LogP contribution in [0.1, 0.15) is 79.1 Å². The van der Waals surface area contributed by atoms with Crippen LogP contribution in [0.2, 0.25) is 0 Å². The van der Waals surface area contributed by atoms with Gasteiger partial charge in [0, 0.05) is 17.4 Å². The highest BCUT2D eigenvalue weighted by Gasteiger charge is 2.54. The number of hydrogen-bond donors (Lipinski definition) is 1. The Kier molecular flexibility index (Phi) is 9.91. The molecule has 3 heterocycles. The summed E-state index contributed by atoms with van der Waals surface area (Å²) in [6.45, 7) is 11.2. The summed E-state index contributed by atoms with van der Waals surface area (Å²) >= 11 is 6.33. The van der Waals surface area contributed by atoms with Crippen molar-refractivity contribution in [2.45, 2.75) is 108 Å². The Labute approximate surface area is 254 Å². The van der Waals surface area contributed by atoms with E-state index < -0.39 is 35.3 Å². The number of rotatable bonds is 9. The van der Waals surface area contributed by atoms with Crippen LogP contribution in [0.3, 0.4) is 0 Å². The van der Waals surface area contributed by atoms with Crippen LogP contribution in [0.15, 0.2) is 52.2 Å². The van der Waals surface area contributed by atoms with Gasteiger partial charge in [-0.05, 0) is 71.4 Å². The number of fused-ring (bicyclic) bond motifs is 2. The monoisotopic (exact) mass is 601 g/mol. The fourth-order valence-corrected chi connectivity index (χ4v) is 6.49. The minimum Gasteiger partial charge on any atom is -0.483 e. The van der Waals surface area contributed by atoms with Crippen LogP contribution in [0.4, 0.5) is 4.79 Å². The Hall–Kier alpha value is -3.07. The Morgan fingerprint density at radius 2 is 2.07 bits per heavy atom. The molecule has 0 saturated carbocycles. The molecular weight excluding hydrogens is 558 g/mol. The van der Waals surface area contributed by atoms with Crippen LogP contribution < -0.4 is 5.32 Å². The molecule has 10 heteroatoms. The number of nitrogens with zero attached hydrogens (tertiary/aromatic N) is 2. The van der Waals surface area contributed by atoms with E-state index in [1.807, 2.05) is 31.2 Å². The van der Waals surface area contributed by atoms with Gasteiger partial charge < -0.3 is 24.4 Å². The largest absolute Gasteiger partial charge is 0.483 e. The van der Waals surface area contributed by atoms with Gasteiger partial charge in [0.1, 0.15) is 29.0 Å². The average Bonchev–Trinajstić information content (AvgIpc) is 3.29. The molecule has 0 bridgehead atoms. The third-order valence-electron chi connectivity index (χ3n) is 8.24. The first-order valence-corrected chi connectivity index (χ1v) is 15.3. The molecule has 1 aliphatic carbocycles. The van der Waals surface area contributed by atoms with Crippen molar-refractivity contribution in [3.63, 3.8) is 0 Å². The molecule has 3 aliphatic heterocycles. The second kappa shape index (κ2) is 13.1. The minimum atomic E-state index is -0.857. The third kappa shape index (κ3) is 7.28. The molecule has 9 nitrogen and oxygen atoms in total. The lowest BCUT2D eigenvalue weighted by molar-refractivity contribution is -0.151. The number of halogens is 1. The zero-order valence-corrected chi connectivity index (χ0v) is 26.2. The number of ether oxygens (including phenoxy) is 3. The molecule has 1 fully saturated rings. The van der Waals surface area contributed by atoms with Gasteiger partial charge in [-0.2, -0.15) is 0 Å². The summed E-state index contributed by atoms with van der Waals surface area (Å²) in [6.07, 6.45) is 12.6. The third-order valence-corrected chi connectivity index (χ3v) is 8.49. The number of alkyl carbamates (subject to hydrolysis) is 1. The van der Waals surface area contributed by atoms with Gasteiger partial charge in [-0.15, -0.1) is 6.58 Å². The molecule has 1 N–H and O–H groups in total. The van der Waals surface area contributed by atoms with Crippen LogP contribution in [-0.4, -0.2) is 71.6 Å². The fraction of sp³-hybridized carbons (Fsp3) is 0.625. The molecule has 42 heavy (non-hydrogen) atoms. The number of nitrogens with one attached hydrogen (secondary N) is 1. The van der Waals surface area contributed by atoms with Gasteiger partial charge in [0.15, 0.2) is 0 Å². The maximum atomic E-state index is 14.1. The number of esters is 1. The topological polar surface area (TPSA) is 107 Å².